The van der Waals surface area contributed by atoms with Crippen LogP contribution < -0.4 is 5.73 Å². The van der Waals surface area contributed by atoms with Gasteiger partial charge in [0.25, 0.3) is 5.91 Å². The van der Waals surface area contributed by atoms with E-state index in [9.17, 15) is 4.79 Å². The molecule has 7 heteroatoms. The normalized spacial score (nSPS) is 17.7. The number of hydrogen-bond acceptors (Lipinski definition) is 5. The van der Waals surface area contributed by atoms with Crippen LogP contribution in [-0.4, -0.2) is 43.9 Å². The Kier molecular flexibility index (Phi) is 5.08. The molecular weight excluding hydrogens is 364 g/mol. The van der Waals surface area contributed by atoms with E-state index in [4.69, 9.17) is 5.73 Å². The number of carbonyl (C=O) groups excluding carboxylic acids is 1. The number of hydrogen-bond donors (Lipinski definition) is 1. The van der Waals surface area contributed by atoms with Crippen molar-refractivity contribution in [2.45, 2.75) is 45.7 Å². The maximum atomic E-state index is 13.3. The number of benzene rings is 1. The minimum Gasteiger partial charge on any atom is -0.338 e. The highest BCUT2D eigenvalue weighted by atomic mass is 16.2. The number of nitrogens with zero attached hydrogens (tertiary/aromatic N) is 5. The summed E-state index contributed by atoms with van der Waals surface area (Å²) in [6, 6.07) is 7.88. The minimum absolute atomic E-state index is 0.0788. The highest BCUT2D eigenvalue weighted by Crippen LogP contribution is 2.24. The molecule has 0 unspecified atom stereocenters. The minimum atomic E-state index is -0.507. The third kappa shape index (κ3) is 4.15. The molecule has 1 amide bonds. The molecular formula is C22H28N6O. The predicted molar refractivity (Wildman–Crippen MR) is 112 cm³/mol. The zero-order valence-corrected chi connectivity index (χ0v) is 17.3. The number of piperidine rings is 1. The van der Waals surface area contributed by atoms with E-state index >= 15 is 0 Å². The number of rotatable bonds is 4. The fourth-order valence-corrected chi connectivity index (χ4v) is 3.96. The Balaban J connectivity index is 1.51. The maximum Gasteiger partial charge on any atom is 0.254 e. The number of likely N-dealkylation sites (tertiary alicyclic amines) is 1. The van der Waals surface area contributed by atoms with Gasteiger partial charge in [-0.25, -0.2) is 0 Å². The van der Waals surface area contributed by atoms with Gasteiger partial charge in [0.2, 0.25) is 0 Å². The van der Waals surface area contributed by atoms with Crippen molar-refractivity contribution in [3.8, 4) is 0 Å². The van der Waals surface area contributed by atoms with Crippen molar-refractivity contribution in [3.05, 3.63) is 53.5 Å². The average Bonchev–Trinajstić information content (AvgIpc) is 3.16. The molecule has 1 aliphatic heterocycles. The highest BCUT2D eigenvalue weighted by molar-refractivity contribution is 6.06. The molecule has 1 saturated heterocycles. The van der Waals surface area contributed by atoms with Gasteiger partial charge in [-0.15, -0.1) is 5.10 Å². The van der Waals surface area contributed by atoms with Gasteiger partial charge in [-0.2, -0.15) is 0 Å². The van der Waals surface area contributed by atoms with Crippen molar-refractivity contribution in [2.75, 3.05) is 13.1 Å². The topological polar surface area (TPSA) is 89.9 Å². The van der Waals surface area contributed by atoms with Crippen LogP contribution in [0.1, 0.15) is 48.3 Å². The third-order valence-electron chi connectivity index (χ3n) is 5.58. The van der Waals surface area contributed by atoms with E-state index in [1.807, 2.05) is 60.8 Å². The molecule has 0 saturated carbocycles. The molecule has 1 aromatic carbocycles. The van der Waals surface area contributed by atoms with E-state index in [1.165, 1.54) is 0 Å². The van der Waals surface area contributed by atoms with Crippen molar-refractivity contribution < 1.29 is 4.79 Å². The van der Waals surface area contributed by atoms with Crippen molar-refractivity contribution in [2.24, 2.45) is 11.7 Å². The Morgan fingerprint density at radius 1 is 1.31 bits per heavy atom. The summed E-state index contributed by atoms with van der Waals surface area (Å²) >= 11 is 0. The number of aryl methyl sites for hydroxylation is 1. The van der Waals surface area contributed by atoms with E-state index in [0.29, 0.717) is 5.92 Å². The van der Waals surface area contributed by atoms with Crippen LogP contribution >= 0.6 is 0 Å². The standard InChI is InChI=1S/C22H28N6O/c1-15-6-7-19-18(11-15)17(8-9-24-19)21(29)27-10-4-5-16(12-27)13-28-14-20(25-26-28)22(2,3)23/h6-9,11,14,16H,4-5,10,12-13,23H2,1-3H3/t16-/m0/s1. The van der Waals surface area contributed by atoms with Crippen LogP contribution in [0.15, 0.2) is 36.7 Å². The molecule has 1 fully saturated rings. The molecule has 4 rings (SSSR count). The number of pyridine rings is 1. The maximum absolute atomic E-state index is 13.3. The number of fused-ring (bicyclic) bond motifs is 1. The quantitative estimate of drug-likeness (QED) is 0.737. The van der Waals surface area contributed by atoms with Gasteiger partial charge in [0.05, 0.1) is 22.8 Å². The van der Waals surface area contributed by atoms with Gasteiger partial charge in [-0.1, -0.05) is 16.8 Å². The second-order valence-corrected chi connectivity index (χ2v) is 8.69. The molecule has 3 aromatic rings. The molecule has 152 valence electrons. The van der Waals surface area contributed by atoms with Gasteiger partial charge >= 0.3 is 0 Å². The lowest BCUT2D eigenvalue weighted by Gasteiger charge is -2.33. The summed E-state index contributed by atoms with van der Waals surface area (Å²) < 4.78 is 1.85. The summed E-state index contributed by atoms with van der Waals surface area (Å²) in [6.07, 6.45) is 5.70. The fraction of sp³-hybridized carbons (Fsp3) is 0.455. The predicted octanol–water partition coefficient (Wildman–Crippen LogP) is 2.88. The zero-order valence-electron chi connectivity index (χ0n) is 17.3. The van der Waals surface area contributed by atoms with Crippen LogP contribution in [0.3, 0.4) is 0 Å². The number of nitrogens with two attached hydrogens (primary N) is 1. The average molecular weight is 393 g/mol. The lowest BCUT2D eigenvalue weighted by Crippen LogP contribution is -2.41. The molecule has 0 aliphatic carbocycles. The lowest BCUT2D eigenvalue weighted by atomic mass is 9.96. The first-order valence-corrected chi connectivity index (χ1v) is 10.2. The Morgan fingerprint density at radius 3 is 2.90 bits per heavy atom. The molecule has 1 atom stereocenters. The first-order chi connectivity index (χ1) is 13.8. The largest absolute Gasteiger partial charge is 0.338 e. The molecule has 0 radical (unpaired) electrons. The van der Waals surface area contributed by atoms with Crippen molar-refractivity contribution in [1.82, 2.24) is 24.9 Å². The van der Waals surface area contributed by atoms with Crippen LogP contribution in [0.2, 0.25) is 0 Å². The monoisotopic (exact) mass is 392 g/mol. The molecule has 3 heterocycles. The van der Waals surface area contributed by atoms with Gasteiger partial charge in [-0.3, -0.25) is 14.5 Å². The first-order valence-electron chi connectivity index (χ1n) is 10.2. The number of amides is 1. The zero-order chi connectivity index (χ0) is 20.6. The Labute approximate surface area is 170 Å². The van der Waals surface area contributed by atoms with E-state index in [-0.39, 0.29) is 5.91 Å². The van der Waals surface area contributed by atoms with Gasteiger partial charge in [0.1, 0.15) is 5.69 Å². The summed E-state index contributed by atoms with van der Waals surface area (Å²) in [5.41, 5.74) is 9.09. The van der Waals surface area contributed by atoms with Crippen LogP contribution in [-0.2, 0) is 12.1 Å². The third-order valence-corrected chi connectivity index (χ3v) is 5.58. The van der Waals surface area contributed by atoms with Crippen LogP contribution in [0, 0.1) is 12.8 Å². The molecule has 7 nitrogen and oxygen atoms in total. The van der Waals surface area contributed by atoms with Crippen molar-refractivity contribution >= 4 is 16.8 Å². The van der Waals surface area contributed by atoms with Crippen LogP contribution in [0.4, 0.5) is 0 Å². The summed E-state index contributed by atoms with van der Waals surface area (Å²) in [6.45, 7) is 8.11. The lowest BCUT2D eigenvalue weighted by molar-refractivity contribution is 0.0661. The van der Waals surface area contributed by atoms with E-state index < -0.39 is 5.54 Å². The Morgan fingerprint density at radius 2 is 2.14 bits per heavy atom. The second-order valence-electron chi connectivity index (χ2n) is 8.69. The van der Waals surface area contributed by atoms with E-state index in [0.717, 1.165) is 60.2 Å². The number of carbonyl (C=O) groups is 1. The van der Waals surface area contributed by atoms with Crippen LogP contribution in [0.5, 0.6) is 0 Å². The van der Waals surface area contributed by atoms with E-state index in [1.54, 1.807) is 6.20 Å². The molecule has 2 N–H and O–H groups in total. The summed E-state index contributed by atoms with van der Waals surface area (Å²) in [4.78, 5) is 19.7. The molecule has 1 aliphatic rings. The summed E-state index contributed by atoms with van der Waals surface area (Å²) in [7, 11) is 0. The second kappa shape index (κ2) is 7.55. The van der Waals surface area contributed by atoms with Crippen molar-refractivity contribution in [1.29, 1.82) is 0 Å². The summed E-state index contributed by atoms with van der Waals surface area (Å²) in [5.74, 6) is 0.424. The molecule has 2 aromatic heterocycles. The smallest absolute Gasteiger partial charge is 0.254 e. The Hall–Kier alpha value is -2.80. The van der Waals surface area contributed by atoms with Gasteiger partial charge in [0, 0.05) is 31.2 Å². The van der Waals surface area contributed by atoms with Gasteiger partial charge in [0.15, 0.2) is 0 Å². The van der Waals surface area contributed by atoms with Crippen molar-refractivity contribution in [3.63, 3.8) is 0 Å². The van der Waals surface area contributed by atoms with Crippen LogP contribution in [0.25, 0.3) is 10.9 Å². The Bertz CT molecular complexity index is 1040. The SMILES string of the molecule is Cc1ccc2nccc(C(=O)N3CCC[C@H](Cn4cc(C(C)(C)N)nn4)C3)c2c1. The molecule has 0 spiro atoms. The van der Waals surface area contributed by atoms with E-state index in [2.05, 4.69) is 15.3 Å². The molecule has 0 bridgehead atoms. The van der Waals surface area contributed by atoms with Gasteiger partial charge in [-0.05, 0) is 57.7 Å². The first kappa shape index (κ1) is 19.5. The molecule has 29 heavy (non-hydrogen) atoms. The van der Waals surface area contributed by atoms with Gasteiger partial charge < -0.3 is 10.6 Å². The fourth-order valence-electron chi connectivity index (χ4n) is 3.96. The summed E-state index contributed by atoms with van der Waals surface area (Å²) in [5, 5.41) is 9.35. The highest BCUT2D eigenvalue weighted by Gasteiger charge is 2.27. The number of aromatic nitrogens is 4.